The molecule has 0 saturated heterocycles. The maximum Gasteiger partial charge on any atom is 0.0337 e. The van der Waals surface area contributed by atoms with Crippen molar-refractivity contribution in [3.8, 4) is 0 Å². The van der Waals surface area contributed by atoms with Gasteiger partial charge in [-0.2, -0.15) is 11.3 Å². The molecule has 0 aliphatic rings. The molecule has 0 radical (unpaired) electrons. The minimum atomic E-state index is 0.142. The van der Waals surface area contributed by atoms with Gasteiger partial charge in [0.2, 0.25) is 0 Å². The molecule has 54 valence electrons. The largest absolute Gasteiger partial charge is 0.324 e. The first-order valence-electron chi connectivity index (χ1n) is 3.23. The molecule has 0 spiro atoms. The van der Waals surface area contributed by atoms with Crippen LogP contribution in [0.2, 0.25) is 0 Å². The van der Waals surface area contributed by atoms with E-state index >= 15 is 0 Å². The molecule has 0 aliphatic carbocycles. The molecule has 2 heteroatoms. The first-order valence-corrected chi connectivity index (χ1v) is 4.17. The standard InChI is InChI=1S/C8H11NS/c1-2-3-8(9)7-4-5-10-6-7/h2,4-6,8H,1,3,9H2/t8-/m0/s1. The molecular weight excluding hydrogens is 142 g/mol. The van der Waals surface area contributed by atoms with Crippen LogP contribution in [0.4, 0.5) is 0 Å². The average Bonchev–Trinajstić information content (AvgIpc) is 2.38. The van der Waals surface area contributed by atoms with E-state index < -0.39 is 0 Å². The summed E-state index contributed by atoms with van der Waals surface area (Å²) in [7, 11) is 0. The Bertz CT molecular complexity index is 191. The first-order chi connectivity index (χ1) is 4.84. The summed E-state index contributed by atoms with van der Waals surface area (Å²) in [5, 5.41) is 4.12. The van der Waals surface area contributed by atoms with Crippen molar-refractivity contribution in [2.45, 2.75) is 12.5 Å². The van der Waals surface area contributed by atoms with Crippen LogP contribution in [-0.2, 0) is 0 Å². The molecule has 1 aromatic heterocycles. The maximum atomic E-state index is 5.79. The van der Waals surface area contributed by atoms with Crippen molar-refractivity contribution in [1.29, 1.82) is 0 Å². The monoisotopic (exact) mass is 153 g/mol. The lowest BCUT2D eigenvalue weighted by atomic mass is 10.1. The van der Waals surface area contributed by atoms with Gasteiger partial charge in [0.25, 0.3) is 0 Å². The molecule has 1 heterocycles. The van der Waals surface area contributed by atoms with Crippen molar-refractivity contribution in [1.82, 2.24) is 0 Å². The predicted molar refractivity (Wildman–Crippen MR) is 46.1 cm³/mol. The fraction of sp³-hybridized carbons (Fsp3) is 0.250. The lowest BCUT2D eigenvalue weighted by Crippen LogP contribution is -2.07. The van der Waals surface area contributed by atoms with E-state index in [1.807, 2.05) is 11.5 Å². The van der Waals surface area contributed by atoms with Crippen molar-refractivity contribution in [2.24, 2.45) is 5.73 Å². The van der Waals surface area contributed by atoms with Gasteiger partial charge in [-0.25, -0.2) is 0 Å². The third-order valence-electron chi connectivity index (χ3n) is 1.39. The Morgan fingerprint density at radius 2 is 2.60 bits per heavy atom. The Balaban J connectivity index is 2.58. The van der Waals surface area contributed by atoms with Crippen LogP contribution in [0.3, 0.4) is 0 Å². The van der Waals surface area contributed by atoms with Gasteiger partial charge in [0.15, 0.2) is 0 Å². The number of hydrogen-bond donors (Lipinski definition) is 1. The zero-order valence-corrected chi connectivity index (χ0v) is 6.60. The summed E-state index contributed by atoms with van der Waals surface area (Å²) >= 11 is 1.68. The van der Waals surface area contributed by atoms with Crippen LogP contribution in [-0.4, -0.2) is 0 Å². The van der Waals surface area contributed by atoms with E-state index in [-0.39, 0.29) is 6.04 Å². The molecule has 0 fully saturated rings. The highest BCUT2D eigenvalue weighted by molar-refractivity contribution is 7.07. The van der Waals surface area contributed by atoms with E-state index in [0.717, 1.165) is 6.42 Å². The van der Waals surface area contributed by atoms with Gasteiger partial charge in [-0.1, -0.05) is 6.08 Å². The van der Waals surface area contributed by atoms with Gasteiger partial charge in [0, 0.05) is 6.04 Å². The van der Waals surface area contributed by atoms with Gasteiger partial charge >= 0.3 is 0 Å². The van der Waals surface area contributed by atoms with Crippen LogP contribution < -0.4 is 5.73 Å². The fourth-order valence-corrected chi connectivity index (χ4v) is 1.53. The van der Waals surface area contributed by atoms with Crippen molar-refractivity contribution in [3.63, 3.8) is 0 Å². The molecule has 0 unspecified atom stereocenters. The van der Waals surface area contributed by atoms with Gasteiger partial charge in [0.05, 0.1) is 0 Å². The molecule has 0 aromatic carbocycles. The summed E-state index contributed by atoms with van der Waals surface area (Å²) in [5.74, 6) is 0. The Hall–Kier alpha value is -0.600. The van der Waals surface area contributed by atoms with Crippen molar-refractivity contribution in [3.05, 3.63) is 35.0 Å². The van der Waals surface area contributed by atoms with Crippen LogP contribution >= 0.6 is 11.3 Å². The summed E-state index contributed by atoms with van der Waals surface area (Å²) in [6, 6.07) is 2.20. The highest BCUT2D eigenvalue weighted by Gasteiger charge is 2.01. The third-order valence-corrected chi connectivity index (χ3v) is 2.09. The topological polar surface area (TPSA) is 26.0 Å². The molecule has 0 saturated carbocycles. The summed E-state index contributed by atoms with van der Waals surface area (Å²) in [6.07, 6.45) is 2.71. The SMILES string of the molecule is C=CC[C@H](N)c1ccsc1. The molecule has 1 nitrogen and oxygen atoms in total. The van der Waals surface area contributed by atoms with E-state index in [4.69, 9.17) is 5.73 Å². The molecule has 10 heavy (non-hydrogen) atoms. The molecule has 0 aliphatic heterocycles. The van der Waals surface area contributed by atoms with E-state index in [1.54, 1.807) is 11.3 Å². The highest BCUT2D eigenvalue weighted by Crippen LogP contribution is 2.16. The minimum Gasteiger partial charge on any atom is -0.324 e. The molecule has 1 atom stereocenters. The minimum absolute atomic E-state index is 0.142. The summed E-state index contributed by atoms with van der Waals surface area (Å²) in [5.41, 5.74) is 7.00. The number of nitrogens with two attached hydrogens (primary N) is 1. The number of hydrogen-bond acceptors (Lipinski definition) is 2. The van der Waals surface area contributed by atoms with Gasteiger partial charge < -0.3 is 5.73 Å². The first kappa shape index (κ1) is 7.51. The predicted octanol–water partition coefficient (Wildman–Crippen LogP) is 2.32. The lowest BCUT2D eigenvalue weighted by Gasteiger charge is -2.04. The second kappa shape index (κ2) is 3.54. The van der Waals surface area contributed by atoms with Gasteiger partial charge in [0.1, 0.15) is 0 Å². The third kappa shape index (κ3) is 1.69. The Kier molecular flexibility index (Phi) is 2.66. The average molecular weight is 153 g/mol. The van der Waals surface area contributed by atoms with E-state index in [0.29, 0.717) is 0 Å². The van der Waals surface area contributed by atoms with Crippen LogP contribution in [0.1, 0.15) is 18.0 Å². The van der Waals surface area contributed by atoms with Crippen LogP contribution in [0.15, 0.2) is 29.5 Å². The Labute approximate surface area is 65.2 Å². The van der Waals surface area contributed by atoms with Crippen molar-refractivity contribution in [2.75, 3.05) is 0 Å². The van der Waals surface area contributed by atoms with Crippen molar-refractivity contribution < 1.29 is 0 Å². The highest BCUT2D eigenvalue weighted by atomic mass is 32.1. The summed E-state index contributed by atoms with van der Waals surface area (Å²) in [4.78, 5) is 0. The van der Waals surface area contributed by atoms with E-state index in [1.165, 1.54) is 5.56 Å². The van der Waals surface area contributed by atoms with E-state index in [9.17, 15) is 0 Å². The molecule has 0 bridgehead atoms. The van der Waals surface area contributed by atoms with E-state index in [2.05, 4.69) is 18.0 Å². The second-order valence-electron chi connectivity index (χ2n) is 2.19. The van der Waals surface area contributed by atoms with Gasteiger partial charge in [-0.05, 0) is 28.8 Å². The summed E-state index contributed by atoms with van der Waals surface area (Å²) in [6.45, 7) is 3.63. The van der Waals surface area contributed by atoms with Crippen molar-refractivity contribution >= 4 is 11.3 Å². The van der Waals surface area contributed by atoms with Crippen LogP contribution in [0.25, 0.3) is 0 Å². The fourth-order valence-electron chi connectivity index (χ4n) is 0.802. The Morgan fingerprint density at radius 3 is 3.10 bits per heavy atom. The van der Waals surface area contributed by atoms with Gasteiger partial charge in [-0.15, -0.1) is 6.58 Å². The smallest absolute Gasteiger partial charge is 0.0337 e. The summed E-state index contributed by atoms with van der Waals surface area (Å²) < 4.78 is 0. The zero-order valence-electron chi connectivity index (χ0n) is 5.79. The van der Waals surface area contributed by atoms with Crippen LogP contribution in [0, 0.1) is 0 Å². The molecular formula is C8H11NS. The quantitative estimate of drug-likeness (QED) is 0.663. The number of thiophene rings is 1. The lowest BCUT2D eigenvalue weighted by molar-refractivity contribution is 0.745. The molecule has 1 rings (SSSR count). The molecule has 2 N–H and O–H groups in total. The maximum absolute atomic E-state index is 5.79. The zero-order chi connectivity index (χ0) is 7.40. The van der Waals surface area contributed by atoms with Gasteiger partial charge in [-0.3, -0.25) is 0 Å². The number of rotatable bonds is 3. The second-order valence-corrected chi connectivity index (χ2v) is 2.97. The van der Waals surface area contributed by atoms with Crippen LogP contribution in [0.5, 0.6) is 0 Å². The normalized spacial score (nSPS) is 12.9. The molecule has 0 amide bonds. The molecule has 1 aromatic rings. The Morgan fingerprint density at radius 1 is 1.80 bits per heavy atom.